The zero-order chi connectivity index (χ0) is 24.8. The van der Waals surface area contributed by atoms with Gasteiger partial charge in [0.25, 0.3) is 5.91 Å². The molecule has 5 nitrogen and oxygen atoms in total. The Bertz CT molecular complexity index is 1110. The average molecular weight is 497 g/mol. The number of rotatable bonds is 9. The molecule has 1 amide bonds. The molecule has 1 atom stereocenters. The zero-order valence-corrected chi connectivity index (χ0v) is 21.1. The van der Waals surface area contributed by atoms with Crippen LogP contribution in [0.2, 0.25) is 0 Å². The van der Waals surface area contributed by atoms with Crippen molar-refractivity contribution in [2.24, 2.45) is 5.92 Å². The van der Waals surface area contributed by atoms with Gasteiger partial charge < -0.3 is 14.7 Å². The Morgan fingerprint density at radius 2 is 1.97 bits per heavy atom. The van der Waals surface area contributed by atoms with Crippen molar-refractivity contribution in [1.29, 1.82) is 0 Å². The van der Waals surface area contributed by atoms with Crippen LogP contribution in [0.15, 0.2) is 60.0 Å². The largest absolute Gasteiger partial charge is 0.504 e. The van der Waals surface area contributed by atoms with Crippen molar-refractivity contribution in [3.63, 3.8) is 0 Å². The monoisotopic (exact) mass is 496 g/mol. The molecule has 2 heterocycles. The minimum atomic E-state index is -0.218. The van der Waals surface area contributed by atoms with Crippen molar-refractivity contribution >= 4 is 17.2 Å². The molecule has 0 spiro atoms. The summed E-state index contributed by atoms with van der Waals surface area (Å²) in [7, 11) is 1.85. The van der Waals surface area contributed by atoms with E-state index >= 15 is 0 Å². The number of amides is 1. The third-order valence-corrected chi connectivity index (χ3v) is 7.70. The third-order valence-electron chi connectivity index (χ3n) is 6.84. The predicted octanol–water partition coefficient (Wildman–Crippen LogP) is 5.59. The van der Waals surface area contributed by atoms with Gasteiger partial charge in [-0.05, 0) is 86.0 Å². The maximum Gasteiger partial charge on any atom is 0.263 e. The van der Waals surface area contributed by atoms with Crippen molar-refractivity contribution in [2.75, 3.05) is 26.7 Å². The molecule has 1 fully saturated rings. The number of halogens is 1. The van der Waals surface area contributed by atoms with E-state index in [9.17, 15) is 14.3 Å². The van der Waals surface area contributed by atoms with E-state index < -0.39 is 0 Å². The highest BCUT2D eigenvalue weighted by Gasteiger charge is 2.32. The first-order chi connectivity index (χ1) is 17.0. The number of phenolic OH excluding ortho intramolecular Hbond substituents is 1. The number of aromatic hydroxyl groups is 1. The van der Waals surface area contributed by atoms with E-state index in [1.54, 1.807) is 12.1 Å². The quantitative estimate of drug-likeness (QED) is 0.420. The Morgan fingerprint density at radius 3 is 2.66 bits per heavy atom. The number of likely N-dealkylation sites (tertiary alicyclic amines) is 1. The topological polar surface area (TPSA) is 53.0 Å². The van der Waals surface area contributed by atoms with Crippen LogP contribution in [0.25, 0.3) is 0 Å². The maximum atomic E-state index is 14.5. The fourth-order valence-electron chi connectivity index (χ4n) is 4.92. The fraction of sp³-hybridized carbons (Fsp3) is 0.393. The molecular formula is C28H33FN2O3S. The number of likely N-dealkylation sites (N-methyl/N-ethyl adjacent to an activating group) is 1. The lowest BCUT2D eigenvalue weighted by Gasteiger charge is -2.40. The Balaban J connectivity index is 1.45. The first-order valence-corrected chi connectivity index (χ1v) is 13.0. The van der Waals surface area contributed by atoms with Gasteiger partial charge in [-0.25, -0.2) is 4.39 Å². The lowest BCUT2D eigenvalue weighted by molar-refractivity contribution is 0.0588. The first-order valence-electron chi connectivity index (χ1n) is 12.2. The van der Waals surface area contributed by atoms with E-state index in [0.717, 1.165) is 38.0 Å². The molecule has 4 rings (SSSR count). The number of carbonyl (C=O) groups is 1. The highest BCUT2D eigenvalue weighted by Crippen LogP contribution is 2.31. The molecule has 0 unspecified atom stereocenters. The molecule has 186 valence electrons. The van der Waals surface area contributed by atoms with Crippen molar-refractivity contribution in [2.45, 2.75) is 38.8 Å². The summed E-state index contributed by atoms with van der Waals surface area (Å²) >= 11 is 1.44. The number of thiophene rings is 1. The van der Waals surface area contributed by atoms with Gasteiger partial charge in [0, 0.05) is 19.6 Å². The Hall–Kier alpha value is -2.90. The van der Waals surface area contributed by atoms with Crippen LogP contribution in [0.1, 0.15) is 40.6 Å². The Kier molecular flexibility index (Phi) is 8.42. The molecule has 1 aliphatic rings. The Labute approximate surface area is 210 Å². The van der Waals surface area contributed by atoms with Crippen LogP contribution in [0, 0.1) is 11.7 Å². The fourth-order valence-corrected chi connectivity index (χ4v) is 5.62. The van der Waals surface area contributed by atoms with E-state index in [1.165, 1.54) is 17.4 Å². The number of hydrogen-bond acceptors (Lipinski definition) is 5. The van der Waals surface area contributed by atoms with Gasteiger partial charge in [-0.1, -0.05) is 30.3 Å². The number of piperidine rings is 1. The van der Waals surface area contributed by atoms with Gasteiger partial charge in [0.2, 0.25) is 0 Å². The van der Waals surface area contributed by atoms with E-state index in [1.807, 2.05) is 60.6 Å². The zero-order valence-electron chi connectivity index (χ0n) is 20.3. The minimum absolute atomic E-state index is 0.00341. The molecule has 0 bridgehead atoms. The number of benzene rings is 2. The van der Waals surface area contributed by atoms with Gasteiger partial charge in [-0.2, -0.15) is 0 Å². The number of ether oxygens (including phenoxy) is 1. The highest BCUT2D eigenvalue weighted by atomic mass is 32.1. The smallest absolute Gasteiger partial charge is 0.263 e. The molecule has 3 aromatic rings. The summed E-state index contributed by atoms with van der Waals surface area (Å²) in [5.74, 6) is 0.724. The standard InChI is InChI=1S/C28H33FN2O3S/c1-3-34-26-17-20(10-11-25(26)32)19-31-14-12-21(13-15-31)24(18-22-7-4-5-8-23(22)29)30(2)28(33)27-9-6-16-35-27/h4-11,16-17,21,24,32H,3,12-15,18-19H2,1-2H3/t24-/m1/s1. The number of phenols is 1. The van der Waals surface area contributed by atoms with Crippen LogP contribution < -0.4 is 4.74 Å². The van der Waals surface area contributed by atoms with Crippen molar-refractivity contribution in [3.8, 4) is 11.5 Å². The summed E-state index contributed by atoms with van der Waals surface area (Å²) in [6.45, 7) is 4.96. The summed E-state index contributed by atoms with van der Waals surface area (Å²) in [5, 5.41) is 11.9. The van der Waals surface area contributed by atoms with Crippen LogP contribution in [0.5, 0.6) is 11.5 Å². The molecule has 7 heteroatoms. The van der Waals surface area contributed by atoms with Crippen LogP contribution in [0.4, 0.5) is 4.39 Å². The van der Waals surface area contributed by atoms with Crippen LogP contribution in [-0.4, -0.2) is 53.6 Å². The molecule has 1 saturated heterocycles. The van der Waals surface area contributed by atoms with Crippen LogP contribution in [0.3, 0.4) is 0 Å². The molecular weight excluding hydrogens is 463 g/mol. The summed E-state index contributed by atoms with van der Waals surface area (Å²) in [5.41, 5.74) is 1.75. The average Bonchev–Trinajstić information content (AvgIpc) is 3.41. The predicted molar refractivity (Wildman–Crippen MR) is 138 cm³/mol. The lowest BCUT2D eigenvalue weighted by atomic mass is 9.84. The number of nitrogens with zero attached hydrogens (tertiary/aromatic N) is 2. The van der Waals surface area contributed by atoms with E-state index in [-0.39, 0.29) is 29.4 Å². The normalized spacial score (nSPS) is 15.6. The van der Waals surface area contributed by atoms with Gasteiger partial charge >= 0.3 is 0 Å². The second-order valence-electron chi connectivity index (χ2n) is 9.10. The van der Waals surface area contributed by atoms with Gasteiger partial charge in [0.1, 0.15) is 5.82 Å². The van der Waals surface area contributed by atoms with Crippen molar-refractivity contribution < 1.29 is 19.0 Å². The molecule has 0 aliphatic carbocycles. The maximum absolute atomic E-state index is 14.5. The molecule has 1 aliphatic heterocycles. The molecule has 1 aromatic heterocycles. The highest BCUT2D eigenvalue weighted by molar-refractivity contribution is 7.12. The molecule has 2 aromatic carbocycles. The molecule has 1 N–H and O–H groups in total. The summed E-state index contributed by atoms with van der Waals surface area (Å²) in [4.78, 5) is 18.1. The second kappa shape index (κ2) is 11.7. The van der Waals surface area contributed by atoms with Gasteiger partial charge in [0.05, 0.1) is 11.5 Å². The second-order valence-corrected chi connectivity index (χ2v) is 10.1. The number of carbonyl (C=O) groups excluding carboxylic acids is 1. The molecule has 0 radical (unpaired) electrons. The lowest BCUT2D eigenvalue weighted by Crippen LogP contribution is -2.47. The minimum Gasteiger partial charge on any atom is -0.504 e. The Morgan fingerprint density at radius 1 is 1.20 bits per heavy atom. The van der Waals surface area contributed by atoms with Gasteiger partial charge in [0.15, 0.2) is 11.5 Å². The van der Waals surface area contributed by atoms with E-state index in [0.29, 0.717) is 29.2 Å². The van der Waals surface area contributed by atoms with E-state index in [2.05, 4.69) is 4.90 Å². The number of hydrogen-bond donors (Lipinski definition) is 1. The van der Waals surface area contributed by atoms with Crippen LogP contribution >= 0.6 is 11.3 Å². The van der Waals surface area contributed by atoms with Gasteiger partial charge in [-0.3, -0.25) is 9.69 Å². The molecule has 35 heavy (non-hydrogen) atoms. The first kappa shape index (κ1) is 25.2. The van der Waals surface area contributed by atoms with E-state index in [4.69, 9.17) is 4.74 Å². The summed E-state index contributed by atoms with van der Waals surface area (Å²) < 4.78 is 20.1. The SMILES string of the molecule is CCOc1cc(CN2CCC([C@@H](Cc3ccccc3F)N(C)C(=O)c3cccs3)CC2)ccc1O. The van der Waals surface area contributed by atoms with Crippen molar-refractivity contribution in [1.82, 2.24) is 9.80 Å². The van der Waals surface area contributed by atoms with Gasteiger partial charge in [-0.15, -0.1) is 11.3 Å². The van der Waals surface area contributed by atoms with Crippen LogP contribution in [-0.2, 0) is 13.0 Å². The summed E-state index contributed by atoms with van der Waals surface area (Å²) in [6, 6.07) is 16.0. The van der Waals surface area contributed by atoms with Crippen molar-refractivity contribution in [3.05, 3.63) is 81.8 Å². The molecule has 0 saturated carbocycles. The summed E-state index contributed by atoms with van der Waals surface area (Å²) in [6.07, 6.45) is 2.36. The third kappa shape index (κ3) is 6.21.